The van der Waals surface area contributed by atoms with Crippen LogP contribution in [0.1, 0.15) is 20.8 Å². The molecule has 0 aliphatic carbocycles. The molecule has 0 amide bonds. The molecule has 0 aromatic carbocycles. The molecule has 1 unspecified atom stereocenters. The summed E-state index contributed by atoms with van der Waals surface area (Å²) >= 11 is 0. The minimum atomic E-state index is 0.580. The fourth-order valence-electron chi connectivity index (χ4n) is 1.07. The van der Waals surface area contributed by atoms with Crippen LogP contribution in [0.25, 0.3) is 0 Å². The molecule has 0 bridgehead atoms. The van der Waals surface area contributed by atoms with Gasteiger partial charge in [-0.05, 0) is 27.8 Å². The van der Waals surface area contributed by atoms with E-state index in [1.165, 1.54) is 0 Å². The third kappa shape index (κ3) is 4.70. The Morgan fingerprint density at radius 2 is 1.92 bits per heavy atom. The van der Waals surface area contributed by atoms with Gasteiger partial charge in [0.25, 0.3) is 0 Å². The molecule has 3 nitrogen and oxygen atoms in total. The third-order valence-corrected chi connectivity index (χ3v) is 2.27. The number of nitrogens with zero attached hydrogens (tertiary/aromatic N) is 1. The number of rotatable bonds is 6. The Morgan fingerprint density at radius 1 is 1.33 bits per heavy atom. The predicted molar refractivity (Wildman–Crippen MR) is 54.3 cm³/mol. The van der Waals surface area contributed by atoms with Gasteiger partial charge in [0.1, 0.15) is 0 Å². The summed E-state index contributed by atoms with van der Waals surface area (Å²) in [6.45, 7) is 9.29. The fraction of sp³-hybridized carbons (Fsp3) is 1.00. The molecule has 0 rings (SSSR count). The van der Waals surface area contributed by atoms with Gasteiger partial charge in [-0.15, -0.1) is 0 Å². The van der Waals surface area contributed by atoms with E-state index in [-0.39, 0.29) is 0 Å². The van der Waals surface area contributed by atoms with Crippen LogP contribution in [0.5, 0.6) is 0 Å². The lowest BCUT2D eigenvalue weighted by Crippen LogP contribution is -2.42. The molecule has 0 aliphatic heterocycles. The molecule has 0 spiro atoms. The lowest BCUT2D eigenvalue weighted by atomic mass is 10.2. The molecule has 0 aromatic heterocycles. The Hall–Kier alpha value is -0.120. The summed E-state index contributed by atoms with van der Waals surface area (Å²) in [5.74, 6) is 0. The van der Waals surface area contributed by atoms with Gasteiger partial charge in [-0.1, -0.05) is 0 Å². The van der Waals surface area contributed by atoms with Crippen molar-refractivity contribution in [3.63, 3.8) is 0 Å². The highest BCUT2D eigenvalue weighted by Crippen LogP contribution is 1.99. The van der Waals surface area contributed by atoms with Gasteiger partial charge in [0, 0.05) is 31.7 Å². The smallest absolute Gasteiger partial charge is 0.0192 e. The number of hydrogen-bond acceptors (Lipinski definition) is 3. The molecule has 0 saturated heterocycles. The first-order valence-corrected chi connectivity index (χ1v) is 4.72. The monoisotopic (exact) mass is 173 g/mol. The summed E-state index contributed by atoms with van der Waals surface area (Å²) in [7, 11) is 2.15. The maximum atomic E-state index is 5.37. The van der Waals surface area contributed by atoms with Crippen molar-refractivity contribution < 1.29 is 0 Å². The van der Waals surface area contributed by atoms with Crippen LogP contribution in [0.3, 0.4) is 0 Å². The summed E-state index contributed by atoms with van der Waals surface area (Å²) in [4.78, 5) is 2.35. The van der Waals surface area contributed by atoms with Crippen molar-refractivity contribution in [1.82, 2.24) is 10.2 Å². The van der Waals surface area contributed by atoms with Crippen LogP contribution in [0.4, 0.5) is 0 Å². The van der Waals surface area contributed by atoms with Crippen molar-refractivity contribution in [2.75, 3.05) is 26.7 Å². The van der Waals surface area contributed by atoms with Crippen molar-refractivity contribution in [1.29, 1.82) is 0 Å². The van der Waals surface area contributed by atoms with Crippen molar-refractivity contribution in [3.05, 3.63) is 0 Å². The molecular weight excluding hydrogens is 150 g/mol. The second-order valence-electron chi connectivity index (χ2n) is 3.60. The average molecular weight is 173 g/mol. The van der Waals surface area contributed by atoms with Gasteiger partial charge in [0.15, 0.2) is 0 Å². The van der Waals surface area contributed by atoms with Gasteiger partial charge >= 0.3 is 0 Å². The predicted octanol–water partition coefficient (Wildman–Crippen LogP) is 0.263. The highest BCUT2D eigenvalue weighted by molar-refractivity contribution is 4.68. The van der Waals surface area contributed by atoms with Crippen LogP contribution in [0, 0.1) is 0 Å². The van der Waals surface area contributed by atoms with Gasteiger partial charge < -0.3 is 16.0 Å². The number of nitrogens with two attached hydrogens (primary N) is 1. The molecule has 0 aliphatic rings. The Morgan fingerprint density at radius 3 is 2.33 bits per heavy atom. The molecular formula is C9H23N3. The average Bonchev–Trinajstić information content (AvgIpc) is 2.03. The van der Waals surface area contributed by atoms with E-state index in [1.54, 1.807) is 0 Å². The van der Waals surface area contributed by atoms with Crippen LogP contribution in [-0.2, 0) is 0 Å². The van der Waals surface area contributed by atoms with Gasteiger partial charge in [-0.25, -0.2) is 0 Å². The summed E-state index contributed by atoms with van der Waals surface area (Å²) in [5, 5.41) is 3.30. The third-order valence-electron chi connectivity index (χ3n) is 2.27. The van der Waals surface area contributed by atoms with E-state index in [9.17, 15) is 0 Å². The van der Waals surface area contributed by atoms with Gasteiger partial charge in [-0.2, -0.15) is 0 Å². The standard InChI is InChI=1S/C9H23N3/c1-8(2)12(4)9(3)7-11-6-5-10/h8-9,11H,5-7,10H2,1-4H3. The molecule has 74 valence electrons. The molecule has 3 N–H and O–H groups in total. The molecule has 12 heavy (non-hydrogen) atoms. The molecule has 1 atom stereocenters. The largest absolute Gasteiger partial charge is 0.329 e. The second kappa shape index (κ2) is 6.40. The Bertz CT molecular complexity index is 104. The summed E-state index contributed by atoms with van der Waals surface area (Å²) in [6.07, 6.45) is 0. The first-order valence-electron chi connectivity index (χ1n) is 4.72. The lowest BCUT2D eigenvalue weighted by molar-refractivity contribution is 0.204. The molecule has 0 fully saturated rings. The molecule has 0 saturated carbocycles. The maximum absolute atomic E-state index is 5.37. The van der Waals surface area contributed by atoms with Crippen molar-refractivity contribution >= 4 is 0 Å². The van der Waals surface area contributed by atoms with E-state index in [1.807, 2.05) is 0 Å². The molecule has 0 aromatic rings. The van der Waals surface area contributed by atoms with Crippen molar-refractivity contribution in [3.8, 4) is 0 Å². The van der Waals surface area contributed by atoms with Crippen LogP contribution >= 0.6 is 0 Å². The van der Waals surface area contributed by atoms with E-state index in [2.05, 4.69) is 38.0 Å². The molecule has 0 radical (unpaired) electrons. The first-order chi connectivity index (χ1) is 5.59. The summed E-state index contributed by atoms with van der Waals surface area (Å²) in [6, 6.07) is 1.19. The number of hydrogen-bond donors (Lipinski definition) is 2. The van der Waals surface area contributed by atoms with Crippen LogP contribution in [0.15, 0.2) is 0 Å². The van der Waals surface area contributed by atoms with E-state index in [4.69, 9.17) is 5.73 Å². The maximum Gasteiger partial charge on any atom is 0.0192 e. The van der Waals surface area contributed by atoms with Crippen LogP contribution in [-0.4, -0.2) is 43.7 Å². The number of nitrogens with one attached hydrogen (secondary N) is 1. The highest BCUT2D eigenvalue weighted by Gasteiger charge is 2.10. The van der Waals surface area contributed by atoms with Gasteiger partial charge in [0.05, 0.1) is 0 Å². The lowest BCUT2D eigenvalue weighted by Gasteiger charge is -2.28. The topological polar surface area (TPSA) is 41.3 Å². The van der Waals surface area contributed by atoms with Crippen molar-refractivity contribution in [2.24, 2.45) is 5.73 Å². The van der Waals surface area contributed by atoms with E-state index in [0.717, 1.165) is 19.6 Å². The summed E-state index contributed by atoms with van der Waals surface area (Å²) < 4.78 is 0. The Labute approximate surface area is 76.3 Å². The fourth-order valence-corrected chi connectivity index (χ4v) is 1.07. The zero-order valence-electron chi connectivity index (χ0n) is 8.80. The van der Waals surface area contributed by atoms with Crippen LogP contribution < -0.4 is 11.1 Å². The quantitative estimate of drug-likeness (QED) is 0.566. The minimum Gasteiger partial charge on any atom is -0.329 e. The zero-order chi connectivity index (χ0) is 9.56. The number of likely N-dealkylation sites (N-methyl/N-ethyl adjacent to an activating group) is 1. The normalized spacial score (nSPS) is 14.2. The minimum absolute atomic E-state index is 0.580. The Balaban J connectivity index is 3.49. The van der Waals surface area contributed by atoms with E-state index < -0.39 is 0 Å². The molecule has 3 heteroatoms. The van der Waals surface area contributed by atoms with Crippen molar-refractivity contribution in [2.45, 2.75) is 32.9 Å². The van der Waals surface area contributed by atoms with Gasteiger partial charge in [-0.3, -0.25) is 0 Å². The molecule has 0 heterocycles. The van der Waals surface area contributed by atoms with E-state index >= 15 is 0 Å². The van der Waals surface area contributed by atoms with E-state index in [0.29, 0.717) is 12.1 Å². The summed E-state index contributed by atoms with van der Waals surface area (Å²) in [5.41, 5.74) is 5.37. The van der Waals surface area contributed by atoms with Gasteiger partial charge in [0.2, 0.25) is 0 Å². The van der Waals surface area contributed by atoms with Crippen LogP contribution in [0.2, 0.25) is 0 Å². The zero-order valence-corrected chi connectivity index (χ0v) is 8.80. The highest BCUT2D eigenvalue weighted by atomic mass is 15.2. The second-order valence-corrected chi connectivity index (χ2v) is 3.60. The Kier molecular flexibility index (Phi) is 6.34. The first kappa shape index (κ1) is 11.9. The SMILES string of the molecule is CC(C)N(C)C(C)CNCCN.